The summed E-state index contributed by atoms with van der Waals surface area (Å²) in [5.41, 5.74) is 17.9. The second kappa shape index (κ2) is 15.9. The molecular weight excluding hydrogens is 538 g/mol. The molecule has 0 radical (unpaired) electrons. The molecule has 15 heteroatoms. The highest BCUT2D eigenvalue weighted by atomic mass is 16.4. The number of hydrogen-bond donors (Lipinski definition) is 9. The molecule has 0 aliphatic heterocycles. The zero-order valence-electron chi connectivity index (χ0n) is 22.4. The van der Waals surface area contributed by atoms with Gasteiger partial charge in [0, 0.05) is 29.9 Å². The van der Waals surface area contributed by atoms with Gasteiger partial charge in [0.05, 0.1) is 12.5 Å². The third-order valence-corrected chi connectivity index (χ3v) is 6.34. The van der Waals surface area contributed by atoms with Gasteiger partial charge in [-0.1, -0.05) is 18.2 Å². The molecule has 4 amide bonds. The number of carboxylic acids is 2. The van der Waals surface area contributed by atoms with E-state index < -0.39 is 72.6 Å². The highest BCUT2D eigenvalue weighted by Gasteiger charge is 2.31. The lowest BCUT2D eigenvalue weighted by Gasteiger charge is -2.25. The number of benzene rings is 1. The number of fused-ring (bicyclic) bond motifs is 1. The highest BCUT2D eigenvalue weighted by Crippen LogP contribution is 2.19. The number of aromatic amines is 1. The van der Waals surface area contributed by atoms with E-state index in [2.05, 4.69) is 20.9 Å². The summed E-state index contributed by atoms with van der Waals surface area (Å²) >= 11 is 0. The van der Waals surface area contributed by atoms with Crippen molar-refractivity contribution in [1.82, 2.24) is 20.9 Å². The first-order chi connectivity index (χ1) is 19.4. The SMILES string of the molecule is NCCCCC(NC(=O)C(CC(N)=O)NC(=O)C(N)CCC(=O)O)C(=O)NC(Cc1c[nH]c2ccccc12)C(=O)O. The summed E-state index contributed by atoms with van der Waals surface area (Å²) in [6.45, 7) is 0.315. The summed E-state index contributed by atoms with van der Waals surface area (Å²) in [4.78, 5) is 76.2. The Hall–Kier alpha value is -4.50. The van der Waals surface area contributed by atoms with Crippen molar-refractivity contribution < 1.29 is 39.0 Å². The van der Waals surface area contributed by atoms with Crippen LogP contribution < -0.4 is 33.2 Å². The summed E-state index contributed by atoms with van der Waals surface area (Å²) in [5, 5.41) is 26.6. The van der Waals surface area contributed by atoms with Crippen molar-refractivity contribution in [3.8, 4) is 0 Å². The fraction of sp³-hybridized carbons (Fsp3) is 0.462. The molecule has 1 aromatic heterocycles. The average molecular weight is 576 g/mol. The van der Waals surface area contributed by atoms with Crippen LogP contribution in [0, 0.1) is 0 Å². The number of unbranched alkanes of at least 4 members (excludes halogenated alkanes) is 1. The minimum absolute atomic E-state index is 0.0385. The number of carbonyl (C=O) groups excluding carboxylic acids is 4. The van der Waals surface area contributed by atoms with Crippen molar-refractivity contribution >= 4 is 46.5 Å². The Balaban J connectivity index is 2.17. The summed E-state index contributed by atoms with van der Waals surface area (Å²) in [6, 6.07) is 1.93. The number of para-hydroxylation sites is 1. The van der Waals surface area contributed by atoms with E-state index in [1.165, 1.54) is 0 Å². The molecule has 4 unspecified atom stereocenters. The number of carbonyl (C=O) groups is 6. The monoisotopic (exact) mass is 575 g/mol. The van der Waals surface area contributed by atoms with Crippen molar-refractivity contribution in [2.75, 3.05) is 6.54 Å². The summed E-state index contributed by atoms with van der Waals surface area (Å²) in [6.07, 6.45) is 1.38. The van der Waals surface area contributed by atoms with Crippen molar-refractivity contribution in [1.29, 1.82) is 0 Å². The van der Waals surface area contributed by atoms with Gasteiger partial charge in [-0.25, -0.2) is 4.79 Å². The fourth-order valence-electron chi connectivity index (χ4n) is 4.13. The largest absolute Gasteiger partial charge is 0.481 e. The molecule has 0 saturated carbocycles. The Morgan fingerprint density at radius 3 is 2.12 bits per heavy atom. The van der Waals surface area contributed by atoms with Crippen LogP contribution in [0.25, 0.3) is 10.9 Å². The number of rotatable bonds is 18. The molecule has 2 rings (SSSR count). The molecule has 0 aliphatic rings. The third-order valence-electron chi connectivity index (χ3n) is 6.34. The van der Waals surface area contributed by atoms with Crippen LogP contribution in [0.3, 0.4) is 0 Å². The van der Waals surface area contributed by atoms with E-state index in [0.717, 1.165) is 10.9 Å². The zero-order valence-corrected chi connectivity index (χ0v) is 22.4. The summed E-state index contributed by atoms with van der Waals surface area (Å²) in [5.74, 6) is -6.00. The quantitative estimate of drug-likeness (QED) is 0.0922. The number of carboxylic acid groups (broad SMARTS) is 2. The maximum atomic E-state index is 13.2. The minimum atomic E-state index is -1.51. The van der Waals surface area contributed by atoms with Crippen LogP contribution in [0.2, 0.25) is 0 Å². The van der Waals surface area contributed by atoms with Crippen molar-refractivity contribution in [3.63, 3.8) is 0 Å². The number of amides is 4. The van der Waals surface area contributed by atoms with Crippen LogP contribution in [-0.4, -0.2) is 81.5 Å². The van der Waals surface area contributed by atoms with Crippen molar-refractivity contribution in [2.24, 2.45) is 17.2 Å². The van der Waals surface area contributed by atoms with Crippen molar-refractivity contribution in [3.05, 3.63) is 36.0 Å². The molecule has 1 heterocycles. The number of H-pyrrole nitrogens is 1. The predicted octanol–water partition coefficient (Wildman–Crippen LogP) is -1.55. The van der Waals surface area contributed by atoms with Gasteiger partial charge < -0.3 is 48.3 Å². The highest BCUT2D eigenvalue weighted by molar-refractivity contribution is 5.96. The number of nitrogens with one attached hydrogen (secondary N) is 4. The lowest BCUT2D eigenvalue weighted by Crippen LogP contribution is -2.58. The number of aliphatic carboxylic acids is 2. The van der Waals surface area contributed by atoms with Crippen LogP contribution in [-0.2, 0) is 35.2 Å². The Morgan fingerprint density at radius 1 is 0.854 bits per heavy atom. The smallest absolute Gasteiger partial charge is 0.326 e. The Labute approximate surface area is 235 Å². The number of hydrogen-bond acceptors (Lipinski definition) is 8. The molecule has 0 spiro atoms. The van der Waals surface area contributed by atoms with Gasteiger partial charge >= 0.3 is 11.9 Å². The first kappa shape index (κ1) is 32.7. The van der Waals surface area contributed by atoms with E-state index >= 15 is 0 Å². The number of aromatic nitrogens is 1. The van der Waals surface area contributed by atoms with Gasteiger partial charge in [-0.3, -0.25) is 24.0 Å². The average Bonchev–Trinajstić information content (AvgIpc) is 3.32. The maximum Gasteiger partial charge on any atom is 0.326 e. The molecular formula is C26H37N7O8. The van der Waals surface area contributed by atoms with Gasteiger partial charge in [0.25, 0.3) is 0 Å². The molecule has 2 aromatic rings. The third kappa shape index (κ3) is 10.5. The maximum absolute atomic E-state index is 13.2. The first-order valence-corrected chi connectivity index (χ1v) is 13.1. The van der Waals surface area contributed by atoms with E-state index in [-0.39, 0.29) is 19.3 Å². The molecule has 15 nitrogen and oxygen atoms in total. The van der Waals surface area contributed by atoms with Crippen LogP contribution in [0.15, 0.2) is 30.5 Å². The van der Waals surface area contributed by atoms with Crippen molar-refractivity contribution in [2.45, 2.75) is 69.1 Å². The fourth-order valence-corrected chi connectivity index (χ4v) is 4.13. The second-order valence-corrected chi connectivity index (χ2v) is 9.58. The molecule has 41 heavy (non-hydrogen) atoms. The molecule has 0 bridgehead atoms. The van der Waals surface area contributed by atoms with E-state index in [4.69, 9.17) is 22.3 Å². The Bertz CT molecular complexity index is 1250. The molecule has 0 saturated heterocycles. The van der Waals surface area contributed by atoms with Gasteiger partial charge in [-0.05, 0) is 43.9 Å². The Morgan fingerprint density at radius 2 is 1.49 bits per heavy atom. The van der Waals surface area contributed by atoms with E-state index in [1.807, 2.05) is 18.2 Å². The van der Waals surface area contributed by atoms with Crippen LogP contribution in [0.4, 0.5) is 0 Å². The molecule has 0 aliphatic carbocycles. The molecule has 224 valence electrons. The van der Waals surface area contributed by atoms with Gasteiger partial charge in [0.1, 0.15) is 18.1 Å². The lowest BCUT2D eigenvalue weighted by atomic mass is 10.0. The minimum Gasteiger partial charge on any atom is -0.481 e. The molecule has 1 aromatic carbocycles. The van der Waals surface area contributed by atoms with Crippen LogP contribution in [0.5, 0.6) is 0 Å². The normalized spacial score (nSPS) is 13.9. The van der Waals surface area contributed by atoms with E-state index in [9.17, 15) is 33.9 Å². The molecule has 12 N–H and O–H groups in total. The predicted molar refractivity (Wildman–Crippen MR) is 147 cm³/mol. The first-order valence-electron chi connectivity index (χ1n) is 13.1. The van der Waals surface area contributed by atoms with Gasteiger partial charge in [0.15, 0.2) is 0 Å². The van der Waals surface area contributed by atoms with E-state index in [1.54, 1.807) is 12.3 Å². The standard InChI is InChI=1S/C26H37N7O8/c27-10-4-3-7-18(31-25(39)19(12-21(29)34)32-23(37)16(28)8-9-22(35)36)24(38)33-20(26(40)41)11-14-13-30-17-6-2-1-5-15(14)17/h1-2,5-6,13,16,18-20,30H,3-4,7-12,27-28H2,(H2,29,34)(H,31,39)(H,32,37)(H,33,38)(H,35,36)(H,40,41). The summed E-state index contributed by atoms with van der Waals surface area (Å²) in [7, 11) is 0. The van der Waals surface area contributed by atoms with Gasteiger partial charge in [0.2, 0.25) is 23.6 Å². The van der Waals surface area contributed by atoms with Crippen LogP contribution >= 0.6 is 0 Å². The summed E-state index contributed by atoms with van der Waals surface area (Å²) < 4.78 is 0. The zero-order chi connectivity index (χ0) is 30.5. The Kier molecular flexibility index (Phi) is 12.7. The van der Waals surface area contributed by atoms with E-state index in [0.29, 0.717) is 24.9 Å². The molecule has 0 fully saturated rings. The molecule has 4 atom stereocenters. The second-order valence-electron chi connectivity index (χ2n) is 9.58. The number of nitrogens with two attached hydrogens (primary N) is 3. The van der Waals surface area contributed by atoms with Gasteiger partial charge in [-0.15, -0.1) is 0 Å². The number of primary amides is 1. The van der Waals surface area contributed by atoms with Gasteiger partial charge in [-0.2, -0.15) is 0 Å². The lowest BCUT2D eigenvalue weighted by molar-refractivity contribution is -0.142. The van der Waals surface area contributed by atoms with Crippen LogP contribution in [0.1, 0.15) is 44.1 Å². The topological polar surface area (TPSA) is 273 Å².